The fourth-order valence-electron chi connectivity index (χ4n) is 2.95. The SMILES string of the molecule is CC(=O)C1(c2c(C(C(=O)O)N(C)F)ccc(F)c2C)CC1. The summed E-state index contributed by atoms with van der Waals surface area (Å²) < 4.78 is 27.5. The second-order valence-corrected chi connectivity index (χ2v) is 5.54. The van der Waals surface area contributed by atoms with Crippen molar-refractivity contribution >= 4 is 11.8 Å². The van der Waals surface area contributed by atoms with Crippen LogP contribution in [0.2, 0.25) is 0 Å². The molecule has 0 saturated heterocycles. The van der Waals surface area contributed by atoms with Gasteiger partial charge in [0.2, 0.25) is 0 Å². The smallest absolute Gasteiger partial charge is 0.328 e. The van der Waals surface area contributed by atoms with E-state index in [1.807, 2.05) is 0 Å². The second-order valence-electron chi connectivity index (χ2n) is 5.54. The summed E-state index contributed by atoms with van der Waals surface area (Å²) in [4.78, 5) is 23.3. The number of aliphatic carboxylic acids is 1. The van der Waals surface area contributed by atoms with E-state index in [1.54, 1.807) is 0 Å². The van der Waals surface area contributed by atoms with Crippen molar-refractivity contribution in [2.75, 3.05) is 7.05 Å². The second kappa shape index (κ2) is 5.18. The van der Waals surface area contributed by atoms with Gasteiger partial charge in [-0.1, -0.05) is 6.07 Å². The minimum absolute atomic E-state index is 0.0642. The van der Waals surface area contributed by atoms with Crippen LogP contribution in [0.4, 0.5) is 8.87 Å². The number of hydrogen-bond acceptors (Lipinski definition) is 3. The molecule has 0 spiro atoms. The third-order valence-corrected chi connectivity index (χ3v) is 4.22. The summed E-state index contributed by atoms with van der Waals surface area (Å²) in [5.74, 6) is -2.05. The van der Waals surface area contributed by atoms with Crippen LogP contribution in [0.5, 0.6) is 0 Å². The number of hydrogen-bond donors (Lipinski definition) is 1. The van der Waals surface area contributed by atoms with E-state index in [-0.39, 0.29) is 22.0 Å². The highest BCUT2D eigenvalue weighted by molar-refractivity contribution is 5.92. The molecule has 0 amide bonds. The summed E-state index contributed by atoms with van der Waals surface area (Å²) in [7, 11) is 0.995. The van der Waals surface area contributed by atoms with Crippen LogP contribution < -0.4 is 0 Å². The summed E-state index contributed by atoms with van der Waals surface area (Å²) in [5, 5.41) is 9.31. The number of carboxylic acids is 1. The van der Waals surface area contributed by atoms with Crippen LogP contribution in [0.1, 0.15) is 42.5 Å². The first-order valence-electron chi connectivity index (χ1n) is 6.64. The molecule has 1 unspecified atom stereocenters. The lowest BCUT2D eigenvalue weighted by molar-refractivity contribution is -0.150. The number of carbonyl (C=O) groups excluding carboxylic acids is 1. The Bertz CT molecular complexity index is 609. The van der Waals surface area contributed by atoms with Crippen molar-refractivity contribution in [2.24, 2.45) is 0 Å². The van der Waals surface area contributed by atoms with Crippen molar-refractivity contribution in [1.82, 2.24) is 5.12 Å². The van der Waals surface area contributed by atoms with Crippen LogP contribution in [0.25, 0.3) is 0 Å². The van der Waals surface area contributed by atoms with Crippen LogP contribution in [0, 0.1) is 12.7 Å². The molecule has 1 aliphatic carbocycles. The highest BCUT2D eigenvalue weighted by atomic mass is 19.2. The Morgan fingerprint density at radius 2 is 1.95 bits per heavy atom. The van der Waals surface area contributed by atoms with E-state index in [2.05, 4.69) is 0 Å². The first-order chi connectivity index (χ1) is 9.72. The number of carboxylic acid groups (broad SMARTS) is 1. The van der Waals surface area contributed by atoms with Gasteiger partial charge in [0.25, 0.3) is 0 Å². The van der Waals surface area contributed by atoms with E-state index in [0.29, 0.717) is 18.4 Å². The molecule has 1 aliphatic rings. The Balaban J connectivity index is 2.71. The number of rotatable bonds is 5. The molecule has 6 heteroatoms. The molecule has 0 bridgehead atoms. The predicted molar refractivity (Wildman–Crippen MR) is 72.0 cm³/mol. The summed E-state index contributed by atoms with van der Waals surface area (Å²) in [6.45, 7) is 2.89. The van der Waals surface area contributed by atoms with Gasteiger partial charge in [-0.05, 0) is 49.4 Å². The van der Waals surface area contributed by atoms with Crippen LogP contribution in [0.3, 0.4) is 0 Å². The van der Waals surface area contributed by atoms with Gasteiger partial charge in [-0.3, -0.25) is 9.59 Å². The molecule has 2 rings (SSSR count). The monoisotopic (exact) mass is 297 g/mol. The number of benzene rings is 1. The van der Waals surface area contributed by atoms with Gasteiger partial charge in [0, 0.05) is 7.05 Å². The Kier molecular flexibility index (Phi) is 3.84. The van der Waals surface area contributed by atoms with Crippen molar-refractivity contribution in [3.8, 4) is 0 Å². The molecular weight excluding hydrogens is 280 g/mol. The number of nitrogens with zero attached hydrogens (tertiary/aromatic N) is 1. The number of ketones is 1. The van der Waals surface area contributed by atoms with Gasteiger partial charge in [-0.2, -0.15) is 0 Å². The van der Waals surface area contributed by atoms with Crippen molar-refractivity contribution in [2.45, 2.75) is 38.1 Å². The van der Waals surface area contributed by atoms with Crippen LogP contribution in [0.15, 0.2) is 12.1 Å². The maximum atomic E-state index is 13.9. The molecule has 0 heterocycles. The molecule has 0 aliphatic heterocycles. The van der Waals surface area contributed by atoms with Gasteiger partial charge < -0.3 is 5.11 Å². The lowest BCUT2D eigenvalue weighted by Crippen LogP contribution is -2.29. The van der Waals surface area contributed by atoms with E-state index in [9.17, 15) is 23.6 Å². The van der Waals surface area contributed by atoms with Crippen LogP contribution in [-0.4, -0.2) is 29.0 Å². The predicted octanol–water partition coefficient (Wildman–Crippen LogP) is 2.70. The third kappa shape index (κ3) is 2.44. The molecule has 4 nitrogen and oxygen atoms in total. The first-order valence-corrected chi connectivity index (χ1v) is 6.64. The fourth-order valence-corrected chi connectivity index (χ4v) is 2.95. The quantitative estimate of drug-likeness (QED) is 0.849. The van der Waals surface area contributed by atoms with Gasteiger partial charge in [0.15, 0.2) is 6.04 Å². The molecule has 0 aromatic heterocycles. The van der Waals surface area contributed by atoms with E-state index < -0.39 is 23.2 Å². The first kappa shape index (κ1) is 15.6. The lowest BCUT2D eigenvalue weighted by atomic mass is 9.82. The van der Waals surface area contributed by atoms with Crippen LogP contribution >= 0.6 is 0 Å². The standard InChI is InChI=1S/C15H17F2NO3/c1-8-11(16)5-4-10(13(14(20)21)18(3)17)12(8)15(6-7-15)9(2)19/h4-5,13H,6-7H2,1-3H3,(H,20,21). The Morgan fingerprint density at radius 1 is 1.38 bits per heavy atom. The average Bonchev–Trinajstić information content (AvgIpc) is 3.14. The molecular formula is C15H17F2NO3. The molecule has 21 heavy (non-hydrogen) atoms. The summed E-state index contributed by atoms with van der Waals surface area (Å²) in [5.41, 5.74) is -0.190. The van der Waals surface area contributed by atoms with E-state index in [0.717, 1.165) is 13.1 Å². The average molecular weight is 297 g/mol. The third-order valence-electron chi connectivity index (χ3n) is 4.22. The van der Waals surface area contributed by atoms with Gasteiger partial charge in [-0.25, -0.2) is 4.39 Å². The van der Waals surface area contributed by atoms with Crippen molar-refractivity contribution in [1.29, 1.82) is 0 Å². The summed E-state index contributed by atoms with van der Waals surface area (Å²) in [6, 6.07) is 0.815. The van der Waals surface area contributed by atoms with E-state index in [1.165, 1.54) is 19.9 Å². The minimum atomic E-state index is -1.56. The van der Waals surface area contributed by atoms with Gasteiger partial charge >= 0.3 is 5.97 Å². The minimum Gasteiger partial charge on any atom is -0.480 e. The zero-order chi connectivity index (χ0) is 15.9. The van der Waals surface area contributed by atoms with Crippen molar-refractivity contribution < 1.29 is 23.6 Å². The molecule has 114 valence electrons. The Morgan fingerprint density at radius 3 is 2.33 bits per heavy atom. The molecule has 1 atom stereocenters. The topological polar surface area (TPSA) is 57.6 Å². The number of halogens is 2. The molecule has 1 aromatic rings. The molecule has 0 radical (unpaired) electrons. The van der Waals surface area contributed by atoms with E-state index in [4.69, 9.17) is 0 Å². The maximum Gasteiger partial charge on any atom is 0.328 e. The zero-order valence-corrected chi connectivity index (χ0v) is 12.1. The highest BCUT2D eigenvalue weighted by Crippen LogP contribution is 2.52. The normalized spacial score (nSPS) is 17.6. The van der Waals surface area contributed by atoms with Crippen molar-refractivity contribution in [3.63, 3.8) is 0 Å². The van der Waals surface area contributed by atoms with Gasteiger partial charge in [-0.15, -0.1) is 9.60 Å². The van der Waals surface area contributed by atoms with Gasteiger partial charge in [0.1, 0.15) is 11.6 Å². The Hall–Kier alpha value is -1.82. The van der Waals surface area contributed by atoms with E-state index >= 15 is 0 Å². The van der Waals surface area contributed by atoms with Crippen LogP contribution in [-0.2, 0) is 15.0 Å². The molecule has 1 fully saturated rings. The van der Waals surface area contributed by atoms with Crippen molar-refractivity contribution in [3.05, 3.63) is 34.6 Å². The molecule has 1 aromatic carbocycles. The number of Topliss-reactive ketones (excluding diaryl/α,β-unsaturated/α-hetero) is 1. The fraction of sp³-hybridized carbons (Fsp3) is 0.467. The largest absolute Gasteiger partial charge is 0.480 e. The number of likely N-dealkylation sites (N-methyl/N-ethyl adjacent to an activating group) is 1. The summed E-state index contributed by atoms with van der Waals surface area (Å²) in [6.07, 6.45) is 1.06. The molecule has 1 saturated carbocycles. The highest BCUT2D eigenvalue weighted by Gasteiger charge is 2.52. The zero-order valence-electron chi connectivity index (χ0n) is 12.1. The maximum absolute atomic E-state index is 13.9. The molecule has 1 N–H and O–H groups in total. The Labute approximate surface area is 121 Å². The van der Waals surface area contributed by atoms with Gasteiger partial charge in [0.05, 0.1) is 5.41 Å². The number of carbonyl (C=O) groups is 2. The lowest BCUT2D eigenvalue weighted by Gasteiger charge is -2.25. The summed E-state index contributed by atoms with van der Waals surface area (Å²) >= 11 is 0.